The number of carbonyl (C=O) groups is 2. The molecule has 0 spiro atoms. The number of fused-ring (bicyclic) bond motifs is 2. The molecule has 2 fully saturated rings. The normalized spacial score (nSPS) is 14.8. The zero-order valence-electron chi connectivity index (χ0n) is 25.4. The van der Waals surface area contributed by atoms with E-state index in [2.05, 4.69) is 20.0 Å². The van der Waals surface area contributed by atoms with Gasteiger partial charge in [0.1, 0.15) is 35.8 Å². The van der Waals surface area contributed by atoms with Crippen molar-refractivity contribution in [2.45, 2.75) is 32.6 Å². The number of carboxylic acid groups (broad SMARTS) is 1. The Morgan fingerprint density at radius 3 is 1.70 bits per heavy atom. The van der Waals surface area contributed by atoms with Gasteiger partial charge >= 0.3 is 30.8 Å². The first-order valence-corrected chi connectivity index (χ1v) is 14.6. The Morgan fingerprint density at radius 1 is 0.795 bits per heavy atom. The van der Waals surface area contributed by atoms with Gasteiger partial charge in [-0.1, -0.05) is 0 Å². The second-order valence-electron chi connectivity index (χ2n) is 10.3. The number of nitrogens with zero attached hydrogens (tertiary/aromatic N) is 6. The van der Waals surface area contributed by atoms with Crippen molar-refractivity contribution < 1.29 is 53.2 Å². The van der Waals surface area contributed by atoms with Crippen LogP contribution in [0.2, 0.25) is 0 Å². The van der Waals surface area contributed by atoms with Crippen LogP contribution < -0.4 is 28.3 Å². The van der Waals surface area contributed by atoms with Crippen LogP contribution in [-0.4, -0.2) is 111 Å². The minimum Gasteiger partial charge on any atom is -0.870 e. The summed E-state index contributed by atoms with van der Waals surface area (Å²) in [6, 6.07) is 7.22. The molecule has 0 bridgehead atoms. The number of aromatic carboxylic acids is 1. The molecule has 4 aromatic heterocycles. The number of hydrogen-bond donors (Lipinski definition) is 1. The summed E-state index contributed by atoms with van der Waals surface area (Å²) >= 11 is 0. The van der Waals surface area contributed by atoms with E-state index in [4.69, 9.17) is 19.3 Å². The molecule has 232 valence electrons. The number of pyridine rings is 2. The number of carboxylic acids is 1. The van der Waals surface area contributed by atoms with Crippen molar-refractivity contribution in [3.63, 3.8) is 0 Å². The Balaban J connectivity index is 0.000000231. The fraction of sp³-hybridized carbons (Fsp3) is 0.467. The molecular formula is C30H39LiN6O7. The molecule has 0 saturated carbocycles. The third-order valence-electron chi connectivity index (χ3n) is 7.46. The van der Waals surface area contributed by atoms with E-state index in [0.717, 1.165) is 45.0 Å². The Morgan fingerprint density at radius 2 is 1.25 bits per heavy atom. The average molecular weight is 603 g/mol. The molecule has 0 atom stereocenters. The number of likely N-dealkylation sites (tertiary alicyclic amines) is 2. The number of aromatic nitrogens is 4. The molecule has 4 aromatic rings. The van der Waals surface area contributed by atoms with Gasteiger partial charge in [0.05, 0.1) is 30.0 Å². The standard InChI is InChI=1S/C16H21N3O3.C14H17N3O3.Li.H2O/c1-2-21-16(20)14-12-17-19-8-5-13(11-15(14)19)22-10-9-18-6-3-4-7-18;18-14(19)12-10-15-17-6-3-11(9-13(12)17)20-8-7-16-4-1-2-5-16;;/h5,8,11-12H,2-4,6-7,9-10H2,1H3;3,6,9-10H,1-2,4-5,7-8H2,(H,18,19);;1H2/q;;+1;/p-1. The molecule has 13 nitrogen and oxygen atoms in total. The van der Waals surface area contributed by atoms with E-state index in [1.165, 1.54) is 42.6 Å². The molecule has 2 N–H and O–H groups in total. The van der Waals surface area contributed by atoms with Gasteiger partial charge in [0, 0.05) is 37.6 Å². The van der Waals surface area contributed by atoms with E-state index >= 15 is 0 Å². The van der Waals surface area contributed by atoms with E-state index in [1.807, 2.05) is 12.1 Å². The predicted molar refractivity (Wildman–Crippen MR) is 158 cm³/mol. The largest absolute Gasteiger partial charge is 1.00 e. The Kier molecular flexibility index (Phi) is 13.5. The fourth-order valence-electron chi connectivity index (χ4n) is 5.23. The first-order chi connectivity index (χ1) is 20.5. The monoisotopic (exact) mass is 602 g/mol. The number of carbonyl (C=O) groups excluding carboxylic acids is 1. The molecule has 0 aromatic carbocycles. The van der Waals surface area contributed by atoms with E-state index in [-0.39, 0.29) is 35.9 Å². The molecule has 0 aliphatic carbocycles. The van der Waals surface area contributed by atoms with E-state index < -0.39 is 5.97 Å². The minimum absolute atomic E-state index is 0. The molecule has 44 heavy (non-hydrogen) atoms. The average Bonchev–Trinajstić information content (AvgIpc) is 3.81. The Bertz CT molecular complexity index is 1500. The molecule has 0 amide bonds. The van der Waals surface area contributed by atoms with Crippen LogP contribution in [0.4, 0.5) is 0 Å². The fourth-order valence-corrected chi connectivity index (χ4v) is 5.23. The molecule has 14 heteroatoms. The molecule has 0 radical (unpaired) electrons. The minimum atomic E-state index is -0.978. The SMILES string of the molecule is CCOC(=O)c1cnn2ccc(OCCN3CCCC3)cc12.O=C(O)c1cnn2ccc(OCCN3CCCC3)cc12.[Li+].[OH-]. The zero-order valence-corrected chi connectivity index (χ0v) is 25.4. The van der Waals surface area contributed by atoms with Crippen molar-refractivity contribution in [2.75, 3.05) is 59.1 Å². The zero-order chi connectivity index (χ0) is 29.3. The Labute approximate surface area is 268 Å². The van der Waals surface area contributed by atoms with Crippen molar-refractivity contribution in [1.82, 2.24) is 29.0 Å². The van der Waals surface area contributed by atoms with Gasteiger partial charge in [0.15, 0.2) is 0 Å². The number of ether oxygens (including phenoxy) is 3. The van der Waals surface area contributed by atoms with Gasteiger partial charge in [0.2, 0.25) is 0 Å². The van der Waals surface area contributed by atoms with Gasteiger partial charge in [-0.05, 0) is 70.9 Å². The quantitative estimate of drug-likeness (QED) is 0.187. The van der Waals surface area contributed by atoms with Crippen LogP contribution in [0, 0.1) is 0 Å². The van der Waals surface area contributed by atoms with Crippen LogP contribution in [0.15, 0.2) is 49.1 Å². The van der Waals surface area contributed by atoms with Crippen LogP contribution in [-0.2, 0) is 4.74 Å². The molecule has 6 rings (SSSR count). The van der Waals surface area contributed by atoms with Gasteiger partial charge < -0.3 is 24.8 Å². The first-order valence-electron chi connectivity index (χ1n) is 14.6. The second-order valence-corrected chi connectivity index (χ2v) is 10.3. The van der Waals surface area contributed by atoms with E-state index in [9.17, 15) is 9.59 Å². The van der Waals surface area contributed by atoms with Crippen LogP contribution in [0.1, 0.15) is 53.3 Å². The maximum atomic E-state index is 11.9. The maximum Gasteiger partial charge on any atom is 1.00 e. The van der Waals surface area contributed by atoms with E-state index in [1.54, 1.807) is 36.0 Å². The molecule has 6 heterocycles. The van der Waals surface area contributed by atoms with Crippen molar-refractivity contribution in [1.29, 1.82) is 0 Å². The van der Waals surface area contributed by atoms with Crippen LogP contribution >= 0.6 is 0 Å². The van der Waals surface area contributed by atoms with Gasteiger partial charge in [0.25, 0.3) is 0 Å². The number of rotatable bonds is 11. The molecule has 2 saturated heterocycles. The topological polar surface area (TPSA) is 153 Å². The van der Waals surface area contributed by atoms with Crippen LogP contribution in [0.3, 0.4) is 0 Å². The molecule has 0 unspecified atom stereocenters. The molecular weight excluding hydrogens is 563 g/mol. The van der Waals surface area contributed by atoms with Crippen molar-refractivity contribution >= 4 is 23.0 Å². The Hall–Kier alpha value is -3.60. The summed E-state index contributed by atoms with van der Waals surface area (Å²) in [6.45, 7) is 9.88. The number of hydrogen-bond acceptors (Lipinski definition) is 10. The summed E-state index contributed by atoms with van der Waals surface area (Å²) in [5.74, 6) is 0.0957. The van der Waals surface area contributed by atoms with Gasteiger partial charge in [-0.15, -0.1) is 0 Å². The van der Waals surface area contributed by atoms with E-state index in [0.29, 0.717) is 42.2 Å². The predicted octanol–water partition coefficient (Wildman–Crippen LogP) is 0.320. The first kappa shape index (κ1) is 34.9. The van der Waals surface area contributed by atoms with Gasteiger partial charge in [-0.3, -0.25) is 9.80 Å². The third kappa shape index (κ3) is 8.96. The van der Waals surface area contributed by atoms with Crippen molar-refractivity contribution in [2.24, 2.45) is 0 Å². The van der Waals surface area contributed by atoms with Gasteiger partial charge in [-0.25, -0.2) is 18.6 Å². The van der Waals surface area contributed by atoms with Crippen LogP contribution in [0.25, 0.3) is 11.0 Å². The van der Waals surface area contributed by atoms with Crippen molar-refractivity contribution in [3.05, 3.63) is 60.2 Å². The summed E-state index contributed by atoms with van der Waals surface area (Å²) in [5.41, 5.74) is 1.91. The smallest absolute Gasteiger partial charge is 0.870 e. The second kappa shape index (κ2) is 17.0. The van der Waals surface area contributed by atoms with Crippen molar-refractivity contribution in [3.8, 4) is 11.5 Å². The number of esters is 1. The maximum absolute atomic E-state index is 11.9. The summed E-state index contributed by atoms with van der Waals surface area (Å²) in [5, 5.41) is 17.2. The summed E-state index contributed by atoms with van der Waals surface area (Å²) in [7, 11) is 0. The van der Waals surface area contributed by atoms with Crippen LogP contribution in [0.5, 0.6) is 11.5 Å². The molecule has 2 aliphatic rings. The van der Waals surface area contributed by atoms with Gasteiger partial charge in [-0.2, -0.15) is 10.2 Å². The third-order valence-corrected chi connectivity index (χ3v) is 7.46. The molecule has 2 aliphatic heterocycles. The summed E-state index contributed by atoms with van der Waals surface area (Å²) in [6.07, 6.45) is 11.5. The summed E-state index contributed by atoms with van der Waals surface area (Å²) < 4.78 is 19.7. The summed E-state index contributed by atoms with van der Waals surface area (Å²) in [4.78, 5) is 27.7.